The van der Waals surface area contributed by atoms with Gasteiger partial charge in [0.2, 0.25) is 0 Å². The lowest BCUT2D eigenvalue weighted by Gasteiger charge is -2.16. The van der Waals surface area contributed by atoms with Crippen molar-refractivity contribution in [2.24, 2.45) is 0 Å². The standard InChI is InChI=1S/C24H27FNO4P/c1-16-10-22(26-15-31(28,29)30-3)11-17(2)23(16)14-19-6-9-24(27)20(13-19)12-18-4-7-21(25)8-5-18/h4-11,13,26-27H,12,14-15H2,1-3H3,(H,28,29). The highest BCUT2D eigenvalue weighted by Gasteiger charge is 2.17. The van der Waals surface area contributed by atoms with E-state index in [-0.39, 0.29) is 17.9 Å². The lowest BCUT2D eigenvalue weighted by atomic mass is 9.93. The van der Waals surface area contributed by atoms with E-state index in [4.69, 9.17) is 0 Å². The molecule has 0 bridgehead atoms. The van der Waals surface area contributed by atoms with Gasteiger partial charge in [0.15, 0.2) is 0 Å². The zero-order chi connectivity index (χ0) is 22.6. The maximum absolute atomic E-state index is 13.2. The largest absolute Gasteiger partial charge is 0.508 e. The maximum Gasteiger partial charge on any atom is 0.346 e. The van der Waals surface area contributed by atoms with Crippen LogP contribution >= 0.6 is 7.60 Å². The molecule has 164 valence electrons. The van der Waals surface area contributed by atoms with Gasteiger partial charge >= 0.3 is 7.60 Å². The zero-order valence-electron chi connectivity index (χ0n) is 17.9. The van der Waals surface area contributed by atoms with Gasteiger partial charge in [-0.05, 0) is 84.0 Å². The van der Waals surface area contributed by atoms with Crippen LogP contribution in [0, 0.1) is 19.7 Å². The minimum absolute atomic E-state index is 0.160. The van der Waals surface area contributed by atoms with E-state index in [1.54, 1.807) is 18.2 Å². The molecule has 0 heterocycles. The Morgan fingerprint density at radius 3 is 2.19 bits per heavy atom. The summed E-state index contributed by atoms with van der Waals surface area (Å²) in [5, 5.41) is 13.2. The fourth-order valence-electron chi connectivity index (χ4n) is 3.55. The molecular weight excluding hydrogens is 416 g/mol. The molecule has 0 saturated carbocycles. The predicted octanol–water partition coefficient (Wildman–Crippen LogP) is 5.53. The third-order valence-corrected chi connectivity index (χ3v) is 6.43. The Morgan fingerprint density at radius 1 is 0.968 bits per heavy atom. The van der Waals surface area contributed by atoms with Crippen molar-refractivity contribution >= 4 is 13.3 Å². The van der Waals surface area contributed by atoms with E-state index in [0.717, 1.165) is 39.1 Å². The van der Waals surface area contributed by atoms with Crippen molar-refractivity contribution in [1.82, 2.24) is 0 Å². The van der Waals surface area contributed by atoms with Crippen molar-refractivity contribution in [1.29, 1.82) is 0 Å². The minimum Gasteiger partial charge on any atom is -0.508 e. The van der Waals surface area contributed by atoms with Crippen LogP contribution in [-0.2, 0) is 21.9 Å². The Bertz CT molecular complexity index is 1090. The molecule has 0 amide bonds. The normalized spacial score (nSPS) is 13.1. The number of halogens is 1. The maximum atomic E-state index is 13.2. The van der Waals surface area contributed by atoms with Gasteiger partial charge in [-0.15, -0.1) is 0 Å². The first-order chi connectivity index (χ1) is 14.7. The first kappa shape index (κ1) is 23.0. The molecule has 31 heavy (non-hydrogen) atoms. The van der Waals surface area contributed by atoms with E-state index in [9.17, 15) is 19.0 Å². The number of rotatable bonds is 8. The second kappa shape index (κ2) is 9.65. The van der Waals surface area contributed by atoms with Gasteiger partial charge in [-0.3, -0.25) is 4.57 Å². The summed E-state index contributed by atoms with van der Waals surface area (Å²) in [4.78, 5) is 9.57. The van der Waals surface area contributed by atoms with Gasteiger partial charge in [0.25, 0.3) is 0 Å². The average molecular weight is 443 g/mol. The van der Waals surface area contributed by atoms with Crippen LogP contribution in [0.2, 0.25) is 0 Å². The Morgan fingerprint density at radius 2 is 1.58 bits per heavy atom. The van der Waals surface area contributed by atoms with Gasteiger partial charge in [0, 0.05) is 19.2 Å². The minimum atomic E-state index is -3.63. The molecule has 0 radical (unpaired) electrons. The molecule has 0 saturated heterocycles. The summed E-state index contributed by atoms with van der Waals surface area (Å²) in [6.45, 7) is 4.00. The summed E-state index contributed by atoms with van der Waals surface area (Å²) in [7, 11) is -2.42. The van der Waals surface area contributed by atoms with Gasteiger partial charge in [-0.1, -0.05) is 24.3 Å². The smallest absolute Gasteiger partial charge is 0.346 e. The molecule has 0 aliphatic rings. The molecule has 1 atom stereocenters. The van der Waals surface area contributed by atoms with Crippen LogP contribution in [0.5, 0.6) is 5.75 Å². The lowest BCUT2D eigenvalue weighted by Crippen LogP contribution is -2.05. The number of anilines is 1. The average Bonchev–Trinajstić information content (AvgIpc) is 2.73. The van der Waals surface area contributed by atoms with Crippen molar-refractivity contribution in [2.45, 2.75) is 26.7 Å². The third-order valence-electron chi connectivity index (χ3n) is 5.30. The molecule has 1 unspecified atom stereocenters. The number of hydrogen-bond acceptors (Lipinski definition) is 4. The van der Waals surface area contributed by atoms with E-state index in [2.05, 4.69) is 9.84 Å². The van der Waals surface area contributed by atoms with Crippen LogP contribution in [0.1, 0.15) is 33.4 Å². The van der Waals surface area contributed by atoms with Gasteiger partial charge < -0.3 is 19.8 Å². The number of phenols is 1. The summed E-state index contributed by atoms with van der Waals surface area (Å²) in [5.74, 6) is -0.0673. The first-order valence-electron chi connectivity index (χ1n) is 9.93. The molecule has 0 aliphatic carbocycles. The molecule has 0 aromatic heterocycles. The molecule has 0 fully saturated rings. The fraction of sp³-hybridized carbons (Fsp3) is 0.250. The van der Waals surface area contributed by atoms with Crippen molar-refractivity contribution in [2.75, 3.05) is 18.7 Å². The lowest BCUT2D eigenvalue weighted by molar-refractivity contribution is 0.318. The summed E-state index contributed by atoms with van der Waals surface area (Å²) in [6.07, 6.45) is 1.04. The SMILES string of the molecule is COP(=O)(O)CNc1cc(C)c(Cc2ccc(O)c(Cc3ccc(F)cc3)c2)c(C)c1. The van der Waals surface area contributed by atoms with Crippen molar-refractivity contribution in [3.05, 3.63) is 93.8 Å². The zero-order valence-corrected chi connectivity index (χ0v) is 18.7. The highest BCUT2D eigenvalue weighted by atomic mass is 31.2. The first-order valence-corrected chi connectivity index (χ1v) is 11.7. The molecule has 7 heteroatoms. The van der Waals surface area contributed by atoms with E-state index in [0.29, 0.717) is 12.8 Å². The van der Waals surface area contributed by atoms with Crippen LogP contribution in [0.4, 0.5) is 10.1 Å². The molecular formula is C24H27FNO4P. The second-order valence-electron chi connectivity index (χ2n) is 7.69. The summed E-state index contributed by atoms with van der Waals surface area (Å²) >= 11 is 0. The summed E-state index contributed by atoms with van der Waals surface area (Å²) in [5.41, 5.74) is 6.79. The van der Waals surface area contributed by atoms with Gasteiger partial charge in [-0.25, -0.2) is 4.39 Å². The van der Waals surface area contributed by atoms with Crippen LogP contribution in [-0.4, -0.2) is 23.4 Å². The number of aryl methyl sites for hydroxylation is 2. The van der Waals surface area contributed by atoms with Crippen LogP contribution in [0.3, 0.4) is 0 Å². The van der Waals surface area contributed by atoms with Crippen molar-refractivity contribution in [3.63, 3.8) is 0 Å². The van der Waals surface area contributed by atoms with E-state index in [1.807, 2.05) is 38.1 Å². The Balaban J connectivity index is 1.79. The van der Waals surface area contributed by atoms with E-state index >= 15 is 0 Å². The fourth-order valence-corrected chi connectivity index (χ4v) is 4.06. The summed E-state index contributed by atoms with van der Waals surface area (Å²) < 4.78 is 29.4. The number of phenolic OH excluding ortho intramolecular Hbond substituents is 1. The van der Waals surface area contributed by atoms with Gasteiger partial charge in [0.05, 0.1) is 0 Å². The Hall–Kier alpha value is -2.66. The molecule has 3 N–H and O–H groups in total. The highest BCUT2D eigenvalue weighted by Crippen LogP contribution is 2.40. The number of benzene rings is 3. The van der Waals surface area contributed by atoms with Crippen LogP contribution < -0.4 is 5.32 Å². The van der Waals surface area contributed by atoms with E-state index < -0.39 is 7.60 Å². The monoisotopic (exact) mass is 443 g/mol. The Kier molecular flexibility index (Phi) is 7.16. The molecule has 3 aromatic rings. The highest BCUT2D eigenvalue weighted by molar-refractivity contribution is 7.52. The summed E-state index contributed by atoms with van der Waals surface area (Å²) in [6, 6.07) is 15.7. The molecule has 0 aliphatic heterocycles. The van der Waals surface area contributed by atoms with E-state index in [1.165, 1.54) is 19.2 Å². The van der Waals surface area contributed by atoms with Gasteiger partial charge in [0.1, 0.15) is 17.9 Å². The molecule has 0 spiro atoms. The topological polar surface area (TPSA) is 78.8 Å². The van der Waals surface area contributed by atoms with Gasteiger partial charge in [-0.2, -0.15) is 0 Å². The van der Waals surface area contributed by atoms with Crippen molar-refractivity contribution in [3.8, 4) is 5.75 Å². The second-order valence-corrected chi connectivity index (χ2v) is 9.64. The Labute approximate surface area is 182 Å². The number of aromatic hydroxyl groups is 1. The predicted molar refractivity (Wildman–Crippen MR) is 121 cm³/mol. The van der Waals surface area contributed by atoms with Crippen LogP contribution in [0.25, 0.3) is 0 Å². The van der Waals surface area contributed by atoms with Crippen molar-refractivity contribution < 1.29 is 23.5 Å². The number of nitrogens with one attached hydrogen (secondary N) is 1. The van der Waals surface area contributed by atoms with Crippen LogP contribution in [0.15, 0.2) is 54.6 Å². The molecule has 3 aromatic carbocycles. The molecule has 5 nitrogen and oxygen atoms in total. The molecule has 3 rings (SSSR count). The number of hydrogen-bond donors (Lipinski definition) is 3. The third kappa shape index (κ3) is 6.17. The quantitative estimate of drug-likeness (QED) is 0.399.